The summed E-state index contributed by atoms with van der Waals surface area (Å²) in [6, 6.07) is 0. The Labute approximate surface area is 93.2 Å². The van der Waals surface area contributed by atoms with E-state index in [0.29, 0.717) is 0 Å². The molecule has 0 rings (SSSR count). The Kier molecular flexibility index (Phi) is 8.33. The van der Waals surface area contributed by atoms with Gasteiger partial charge in [0.05, 0.1) is 0 Å². The molecule has 0 aliphatic heterocycles. The van der Waals surface area contributed by atoms with Gasteiger partial charge >= 0.3 is 0 Å². The van der Waals surface area contributed by atoms with E-state index in [4.69, 9.17) is 5.73 Å². The number of nitrogens with one attached hydrogen (secondary N) is 1. The Bertz CT molecular complexity index is 173. The van der Waals surface area contributed by atoms with E-state index < -0.39 is 0 Å². The quantitative estimate of drug-likeness (QED) is 0.577. The van der Waals surface area contributed by atoms with E-state index in [-0.39, 0.29) is 11.8 Å². The van der Waals surface area contributed by atoms with Gasteiger partial charge in [-0.15, -0.1) is 0 Å². The van der Waals surface area contributed by atoms with Crippen LogP contribution in [0.15, 0.2) is 0 Å². The van der Waals surface area contributed by atoms with Crippen LogP contribution in [0.1, 0.15) is 26.2 Å². The zero-order chi connectivity index (χ0) is 11.7. The Morgan fingerprint density at radius 3 is 2.60 bits per heavy atom. The Balaban J connectivity index is 3.55. The van der Waals surface area contributed by atoms with E-state index in [9.17, 15) is 4.79 Å². The fourth-order valence-electron chi connectivity index (χ4n) is 1.59. The molecule has 1 unspecified atom stereocenters. The molecular formula is C11H25N3O. The van der Waals surface area contributed by atoms with Gasteiger partial charge in [0.1, 0.15) is 0 Å². The second-order valence-electron chi connectivity index (χ2n) is 4.13. The Hall–Kier alpha value is -0.610. The van der Waals surface area contributed by atoms with Gasteiger partial charge < -0.3 is 16.0 Å². The summed E-state index contributed by atoms with van der Waals surface area (Å²) in [4.78, 5) is 13.5. The molecule has 1 amide bonds. The highest BCUT2D eigenvalue weighted by Crippen LogP contribution is 2.01. The van der Waals surface area contributed by atoms with Gasteiger partial charge in [-0.3, -0.25) is 4.79 Å². The van der Waals surface area contributed by atoms with Gasteiger partial charge in [-0.05, 0) is 33.0 Å². The van der Waals surface area contributed by atoms with Crippen LogP contribution in [0.4, 0.5) is 0 Å². The number of nitrogens with zero attached hydrogens (tertiary/aromatic N) is 1. The lowest BCUT2D eigenvalue weighted by Gasteiger charge is -2.20. The van der Waals surface area contributed by atoms with Gasteiger partial charge in [0.25, 0.3) is 0 Å². The summed E-state index contributed by atoms with van der Waals surface area (Å²) in [5, 5.41) is 2.66. The first kappa shape index (κ1) is 14.4. The molecule has 90 valence electrons. The number of carbonyl (C=O) groups is 1. The van der Waals surface area contributed by atoms with Gasteiger partial charge in [-0.1, -0.05) is 13.3 Å². The molecule has 0 fully saturated rings. The lowest BCUT2D eigenvalue weighted by molar-refractivity contribution is -0.124. The normalized spacial score (nSPS) is 12.9. The fourth-order valence-corrected chi connectivity index (χ4v) is 1.59. The van der Waals surface area contributed by atoms with Gasteiger partial charge in [-0.25, -0.2) is 0 Å². The fraction of sp³-hybridized carbons (Fsp3) is 0.909. The molecule has 0 bridgehead atoms. The molecule has 3 N–H and O–H groups in total. The highest BCUT2D eigenvalue weighted by molar-refractivity contribution is 5.78. The topological polar surface area (TPSA) is 58.4 Å². The summed E-state index contributed by atoms with van der Waals surface area (Å²) >= 11 is 0. The first-order chi connectivity index (χ1) is 7.11. The molecule has 0 radical (unpaired) electrons. The Morgan fingerprint density at radius 2 is 2.07 bits per heavy atom. The van der Waals surface area contributed by atoms with Gasteiger partial charge in [0.2, 0.25) is 5.91 Å². The third-order valence-electron chi connectivity index (χ3n) is 2.52. The molecular weight excluding hydrogens is 190 g/mol. The van der Waals surface area contributed by atoms with Crippen molar-refractivity contribution >= 4 is 5.91 Å². The van der Waals surface area contributed by atoms with Crippen molar-refractivity contribution in [3.05, 3.63) is 0 Å². The third-order valence-corrected chi connectivity index (χ3v) is 2.52. The van der Waals surface area contributed by atoms with Crippen LogP contribution in [0.2, 0.25) is 0 Å². The highest BCUT2D eigenvalue weighted by atomic mass is 16.1. The predicted molar refractivity (Wildman–Crippen MR) is 63.6 cm³/mol. The summed E-state index contributed by atoms with van der Waals surface area (Å²) < 4.78 is 0. The van der Waals surface area contributed by atoms with E-state index in [1.54, 1.807) is 7.05 Å². The van der Waals surface area contributed by atoms with Crippen LogP contribution in [-0.4, -0.2) is 44.5 Å². The maximum absolute atomic E-state index is 11.3. The lowest BCUT2D eigenvalue weighted by Crippen LogP contribution is -2.34. The van der Waals surface area contributed by atoms with Crippen LogP contribution in [0.5, 0.6) is 0 Å². The lowest BCUT2D eigenvalue weighted by atomic mass is 10.1. The number of rotatable bonds is 8. The number of amides is 1. The number of carbonyl (C=O) groups excluding carboxylic acids is 1. The minimum Gasteiger partial charge on any atom is -0.359 e. The number of hydrogen-bond acceptors (Lipinski definition) is 3. The van der Waals surface area contributed by atoms with Crippen LogP contribution >= 0.6 is 0 Å². The molecule has 4 heteroatoms. The third kappa shape index (κ3) is 7.33. The molecule has 0 aliphatic rings. The molecule has 4 nitrogen and oxygen atoms in total. The van der Waals surface area contributed by atoms with E-state index in [0.717, 1.165) is 32.5 Å². The van der Waals surface area contributed by atoms with Crippen molar-refractivity contribution in [3.63, 3.8) is 0 Å². The smallest absolute Gasteiger partial charge is 0.223 e. The van der Waals surface area contributed by atoms with Crippen molar-refractivity contribution in [2.45, 2.75) is 26.2 Å². The molecule has 0 saturated carbocycles. The van der Waals surface area contributed by atoms with Crippen LogP contribution in [0.25, 0.3) is 0 Å². The summed E-state index contributed by atoms with van der Waals surface area (Å²) in [7, 11) is 3.74. The average molecular weight is 215 g/mol. The summed E-state index contributed by atoms with van der Waals surface area (Å²) in [6.45, 7) is 4.59. The van der Waals surface area contributed by atoms with E-state index in [1.807, 2.05) is 6.92 Å². The van der Waals surface area contributed by atoms with E-state index in [2.05, 4.69) is 17.3 Å². The van der Waals surface area contributed by atoms with E-state index >= 15 is 0 Å². The standard InChI is InChI=1S/C11H25N3O/c1-10(11(15)13-2)9-14(3)8-6-4-5-7-12/h10H,4-9,12H2,1-3H3,(H,13,15). The van der Waals surface area contributed by atoms with E-state index in [1.165, 1.54) is 6.42 Å². The molecule has 0 saturated heterocycles. The second-order valence-corrected chi connectivity index (χ2v) is 4.13. The molecule has 0 aromatic rings. The van der Waals surface area contributed by atoms with Crippen molar-refractivity contribution in [3.8, 4) is 0 Å². The largest absolute Gasteiger partial charge is 0.359 e. The second kappa shape index (κ2) is 8.68. The number of nitrogens with two attached hydrogens (primary N) is 1. The van der Waals surface area contributed by atoms with Crippen molar-refractivity contribution in [1.29, 1.82) is 0 Å². The zero-order valence-electron chi connectivity index (χ0n) is 10.3. The molecule has 1 atom stereocenters. The van der Waals surface area contributed by atoms with Crippen LogP contribution in [0.3, 0.4) is 0 Å². The van der Waals surface area contributed by atoms with Crippen molar-refractivity contribution in [2.75, 3.05) is 33.7 Å². The zero-order valence-corrected chi connectivity index (χ0v) is 10.3. The Morgan fingerprint density at radius 1 is 1.40 bits per heavy atom. The van der Waals surface area contributed by atoms with Gasteiger partial charge in [0.15, 0.2) is 0 Å². The average Bonchev–Trinajstić information content (AvgIpc) is 2.23. The summed E-state index contributed by atoms with van der Waals surface area (Å²) in [5.41, 5.74) is 5.42. The number of unbranched alkanes of at least 4 members (excludes halogenated alkanes) is 2. The molecule has 0 aromatic heterocycles. The SMILES string of the molecule is CNC(=O)C(C)CN(C)CCCCCN. The first-order valence-electron chi connectivity index (χ1n) is 5.72. The monoisotopic (exact) mass is 215 g/mol. The van der Waals surface area contributed by atoms with Crippen molar-refractivity contribution in [1.82, 2.24) is 10.2 Å². The maximum Gasteiger partial charge on any atom is 0.223 e. The number of hydrogen-bond donors (Lipinski definition) is 2. The molecule has 0 aromatic carbocycles. The highest BCUT2D eigenvalue weighted by Gasteiger charge is 2.12. The minimum atomic E-state index is 0.0644. The predicted octanol–water partition coefficient (Wildman–Crippen LogP) is 0.429. The van der Waals surface area contributed by atoms with Gasteiger partial charge in [-0.2, -0.15) is 0 Å². The van der Waals surface area contributed by atoms with Crippen molar-refractivity contribution < 1.29 is 4.79 Å². The van der Waals surface area contributed by atoms with Crippen LogP contribution in [-0.2, 0) is 4.79 Å². The molecule has 15 heavy (non-hydrogen) atoms. The minimum absolute atomic E-state index is 0.0644. The van der Waals surface area contributed by atoms with Crippen molar-refractivity contribution in [2.24, 2.45) is 11.7 Å². The van der Waals surface area contributed by atoms with Crippen LogP contribution < -0.4 is 11.1 Å². The van der Waals surface area contributed by atoms with Crippen LogP contribution in [0, 0.1) is 5.92 Å². The summed E-state index contributed by atoms with van der Waals surface area (Å²) in [6.07, 6.45) is 3.43. The molecule has 0 aliphatic carbocycles. The van der Waals surface area contributed by atoms with Gasteiger partial charge in [0, 0.05) is 19.5 Å². The first-order valence-corrected chi connectivity index (χ1v) is 5.72. The molecule has 0 spiro atoms. The molecule has 0 heterocycles. The maximum atomic E-state index is 11.3. The summed E-state index contributed by atoms with van der Waals surface area (Å²) in [5.74, 6) is 0.179.